The van der Waals surface area contributed by atoms with E-state index in [1.54, 1.807) is 31.3 Å². The van der Waals surface area contributed by atoms with Crippen LogP contribution in [0.15, 0.2) is 30.5 Å². The number of unbranched alkanes of at least 4 members (excludes halogenated alkanes) is 3. The van der Waals surface area contributed by atoms with Gasteiger partial charge in [0.1, 0.15) is 23.8 Å². The smallest absolute Gasteiger partial charge is 0.234 e. The lowest BCUT2D eigenvalue weighted by Crippen LogP contribution is -2.29. The number of rotatable bonds is 16. The number of carbonyl (C=O) groups excluding carboxylic acids is 1. The molecule has 0 N–H and O–H groups in total. The van der Waals surface area contributed by atoms with E-state index in [9.17, 15) is 13.2 Å². The van der Waals surface area contributed by atoms with E-state index in [1.807, 2.05) is 38.6 Å². The fourth-order valence-corrected chi connectivity index (χ4v) is 4.81. The molecule has 0 atom stereocenters. The van der Waals surface area contributed by atoms with E-state index in [4.69, 9.17) is 4.74 Å². The number of ether oxygens (including phenoxy) is 1. The Bertz CT molecular complexity index is 985. The van der Waals surface area contributed by atoms with E-state index in [-0.39, 0.29) is 11.7 Å². The highest BCUT2D eigenvalue weighted by molar-refractivity contribution is 7.92. The number of aryl methyl sites for hydroxylation is 1. The third-order valence-electron chi connectivity index (χ3n) is 5.75. The number of ketones is 1. The molecule has 0 spiro atoms. The Morgan fingerprint density at radius 1 is 1.06 bits per heavy atom. The lowest BCUT2D eigenvalue weighted by Gasteiger charge is -2.20. The number of hydrogen-bond acceptors (Lipinski definition) is 6. The molecular weight excluding hydrogens is 452 g/mol. The van der Waals surface area contributed by atoms with E-state index in [2.05, 4.69) is 10.3 Å². The van der Waals surface area contributed by atoms with Crippen molar-refractivity contribution in [1.82, 2.24) is 15.0 Å². The molecule has 2 rings (SSSR count). The van der Waals surface area contributed by atoms with Gasteiger partial charge in [-0.05, 0) is 49.4 Å². The Kier molecular flexibility index (Phi) is 11.0. The first-order chi connectivity index (χ1) is 16.1. The summed E-state index contributed by atoms with van der Waals surface area (Å²) in [4.78, 5) is 11.6. The normalized spacial score (nSPS) is 11.9. The number of anilines is 1. The van der Waals surface area contributed by atoms with Gasteiger partial charge < -0.3 is 4.74 Å². The summed E-state index contributed by atoms with van der Waals surface area (Å²) in [6.07, 6.45) is 7.24. The molecule has 0 aliphatic rings. The standard InChI is InChI=1S/C25H40N4O4S/c1-20(2)15-17-34(31,32)28(5)23-11-13-24(14-12-23)33-19-22-18-29(27-26-22)16-9-7-6-8-10-25(30)21(3)4/h11-14,18,20-21H,6-10,15-17,19H2,1-5H3. The quantitative estimate of drug-likeness (QED) is 0.311. The van der Waals surface area contributed by atoms with Crippen LogP contribution in [0.5, 0.6) is 5.75 Å². The zero-order chi connectivity index (χ0) is 25.1. The lowest BCUT2D eigenvalue weighted by atomic mass is 10.0. The molecule has 0 aliphatic carbocycles. The molecule has 1 heterocycles. The SMILES string of the molecule is CC(C)CCS(=O)(=O)N(C)c1ccc(OCc2cn(CCCCCCC(=O)C(C)C)nn2)cc1. The lowest BCUT2D eigenvalue weighted by molar-refractivity contribution is -0.122. The molecular formula is C25H40N4O4S. The van der Waals surface area contributed by atoms with Crippen LogP contribution >= 0.6 is 0 Å². The summed E-state index contributed by atoms with van der Waals surface area (Å²) in [6.45, 7) is 9.01. The molecule has 1 aromatic carbocycles. The van der Waals surface area contributed by atoms with Crippen molar-refractivity contribution in [1.29, 1.82) is 0 Å². The summed E-state index contributed by atoms with van der Waals surface area (Å²) in [6, 6.07) is 7.01. The minimum atomic E-state index is -3.34. The van der Waals surface area contributed by atoms with E-state index < -0.39 is 10.0 Å². The number of Topliss-reactive ketones (excluding diaryl/α,β-unsaturated/α-hetero) is 1. The summed E-state index contributed by atoms with van der Waals surface area (Å²) in [5.41, 5.74) is 1.34. The molecule has 0 saturated heterocycles. The minimum Gasteiger partial charge on any atom is -0.487 e. The van der Waals surface area contributed by atoms with E-state index >= 15 is 0 Å². The largest absolute Gasteiger partial charge is 0.487 e. The molecule has 0 radical (unpaired) electrons. The van der Waals surface area contributed by atoms with Gasteiger partial charge in [-0.1, -0.05) is 45.7 Å². The molecule has 2 aromatic rings. The van der Waals surface area contributed by atoms with Gasteiger partial charge in [0.25, 0.3) is 0 Å². The van der Waals surface area contributed by atoms with Gasteiger partial charge in [0.05, 0.1) is 17.6 Å². The average molecular weight is 493 g/mol. The van der Waals surface area contributed by atoms with Crippen LogP contribution in [0.1, 0.15) is 71.9 Å². The van der Waals surface area contributed by atoms with Crippen LogP contribution in [-0.2, 0) is 28.0 Å². The highest BCUT2D eigenvalue weighted by atomic mass is 32.2. The van der Waals surface area contributed by atoms with Crippen LogP contribution in [0, 0.1) is 11.8 Å². The maximum absolute atomic E-state index is 12.5. The van der Waals surface area contributed by atoms with Gasteiger partial charge in [-0.15, -0.1) is 5.10 Å². The molecule has 190 valence electrons. The second-order valence-electron chi connectivity index (χ2n) is 9.51. The predicted molar refractivity (Wildman–Crippen MR) is 135 cm³/mol. The van der Waals surface area contributed by atoms with Crippen molar-refractivity contribution in [2.45, 2.75) is 79.4 Å². The van der Waals surface area contributed by atoms with E-state index in [0.717, 1.165) is 37.9 Å². The van der Waals surface area contributed by atoms with Crippen molar-refractivity contribution >= 4 is 21.5 Å². The predicted octanol–water partition coefficient (Wildman–Crippen LogP) is 4.84. The summed E-state index contributed by atoms with van der Waals surface area (Å²) >= 11 is 0. The number of aromatic nitrogens is 3. The third kappa shape index (κ3) is 9.44. The van der Waals surface area contributed by atoms with Crippen molar-refractivity contribution in [2.75, 3.05) is 17.1 Å². The van der Waals surface area contributed by atoms with Crippen molar-refractivity contribution in [2.24, 2.45) is 11.8 Å². The first-order valence-corrected chi connectivity index (χ1v) is 13.8. The highest BCUT2D eigenvalue weighted by Gasteiger charge is 2.18. The van der Waals surface area contributed by atoms with Crippen molar-refractivity contribution in [3.63, 3.8) is 0 Å². The molecule has 0 fully saturated rings. The second-order valence-corrected chi connectivity index (χ2v) is 11.6. The summed E-state index contributed by atoms with van der Waals surface area (Å²) in [5.74, 6) is 1.58. The van der Waals surface area contributed by atoms with Crippen LogP contribution in [0.25, 0.3) is 0 Å². The topological polar surface area (TPSA) is 94.4 Å². The molecule has 8 nitrogen and oxygen atoms in total. The van der Waals surface area contributed by atoms with Crippen molar-refractivity contribution in [3.05, 3.63) is 36.2 Å². The molecule has 34 heavy (non-hydrogen) atoms. The van der Waals surface area contributed by atoms with Gasteiger partial charge in [0.15, 0.2) is 0 Å². The Labute approximate surface area is 204 Å². The number of nitrogens with zero attached hydrogens (tertiary/aromatic N) is 4. The van der Waals surface area contributed by atoms with Gasteiger partial charge in [0, 0.05) is 25.9 Å². The average Bonchev–Trinajstić information content (AvgIpc) is 3.26. The fraction of sp³-hybridized carbons (Fsp3) is 0.640. The Morgan fingerprint density at radius 2 is 1.74 bits per heavy atom. The molecule has 0 amide bonds. The van der Waals surface area contributed by atoms with Crippen LogP contribution < -0.4 is 9.04 Å². The van der Waals surface area contributed by atoms with E-state index in [1.165, 1.54) is 4.31 Å². The minimum absolute atomic E-state index is 0.130. The fourth-order valence-electron chi connectivity index (χ4n) is 3.32. The molecule has 0 unspecified atom stereocenters. The first kappa shape index (κ1) is 27.8. The maximum atomic E-state index is 12.5. The number of carbonyl (C=O) groups is 1. The highest BCUT2D eigenvalue weighted by Crippen LogP contribution is 2.22. The first-order valence-electron chi connectivity index (χ1n) is 12.2. The van der Waals surface area contributed by atoms with E-state index in [0.29, 0.717) is 42.6 Å². The van der Waals surface area contributed by atoms with Gasteiger partial charge in [-0.25, -0.2) is 8.42 Å². The van der Waals surface area contributed by atoms with Crippen LogP contribution in [0.3, 0.4) is 0 Å². The summed E-state index contributed by atoms with van der Waals surface area (Å²) < 4.78 is 33.9. The van der Waals surface area contributed by atoms with Crippen LogP contribution in [-0.4, -0.2) is 42.0 Å². The van der Waals surface area contributed by atoms with Gasteiger partial charge in [-0.2, -0.15) is 0 Å². The number of benzene rings is 1. The Balaban J connectivity index is 1.73. The third-order valence-corrected chi connectivity index (χ3v) is 7.54. The molecule has 0 aliphatic heterocycles. The van der Waals surface area contributed by atoms with Crippen molar-refractivity contribution < 1.29 is 17.9 Å². The summed E-state index contributed by atoms with van der Waals surface area (Å²) in [5, 5.41) is 8.31. The van der Waals surface area contributed by atoms with Crippen molar-refractivity contribution in [3.8, 4) is 5.75 Å². The van der Waals surface area contributed by atoms with Gasteiger partial charge in [0.2, 0.25) is 10.0 Å². The van der Waals surface area contributed by atoms with Crippen LogP contribution in [0.4, 0.5) is 5.69 Å². The Morgan fingerprint density at radius 3 is 2.38 bits per heavy atom. The second kappa shape index (κ2) is 13.5. The molecule has 1 aromatic heterocycles. The zero-order valence-corrected chi connectivity index (χ0v) is 22.1. The monoisotopic (exact) mass is 492 g/mol. The zero-order valence-electron chi connectivity index (χ0n) is 21.2. The Hall–Kier alpha value is -2.42. The number of sulfonamides is 1. The van der Waals surface area contributed by atoms with Crippen LogP contribution in [0.2, 0.25) is 0 Å². The maximum Gasteiger partial charge on any atom is 0.234 e. The van der Waals surface area contributed by atoms with Gasteiger partial charge in [-0.3, -0.25) is 13.8 Å². The molecule has 0 saturated carbocycles. The summed E-state index contributed by atoms with van der Waals surface area (Å²) in [7, 11) is -1.76. The molecule has 0 bridgehead atoms. The number of hydrogen-bond donors (Lipinski definition) is 0. The van der Waals surface area contributed by atoms with Gasteiger partial charge >= 0.3 is 0 Å². The molecule has 9 heteroatoms.